The average Bonchev–Trinajstić information content (AvgIpc) is 2.38. The van der Waals surface area contributed by atoms with Gasteiger partial charge in [0.05, 0.1) is 5.56 Å². The molecule has 0 saturated carbocycles. The Morgan fingerprint density at radius 1 is 1.05 bits per heavy atom. The largest absolute Gasteiger partial charge is 0.416 e. The zero-order valence-electron chi connectivity index (χ0n) is 10.7. The first-order valence-corrected chi connectivity index (χ1v) is 5.91. The Morgan fingerprint density at radius 3 is 2.25 bits per heavy atom. The molecule has 0 aromatic heterocycles. The molecule has 0 spiro atoms. The van der Waals surface area contributed by atoms with E-state index >= 15 is 0 Å². The number of halogens is 3. The first-order chi connectivity index (χ1) is 9.36. The molecule has 1 amide bonds. The van der Waals surface area contributed by atoms with Crippen LogP contribution in [0.3, 0.4) is 0 Å². The van der Waals surface area contributed by atoms with Crippen molar-refractivity contribution in [3.8, 4) is 0 Å². The van der Waals surface area contributed by atoms with Gasteiger partial charge >= 0.3 is 6.18 Å². The van der Waals surface area contributed by atoms with Crippen molar-refractivity contribution in [2.75, 3.05) is 5.32 Å². The third-order valence-electron chi connectivity index (χ3n) is 2.75. The van der Waals surface area contributed by atoms with Crippen molar-refractivity contribution in [3.05, 3.63) is 65.2 Å². The standard InChI is InChI=1S/C15H12F3NO/c1-10-3-2-4-11(9-10)14(20)19-13-7-5-12(6-8-13)15(16,17)18/h2-9H,1H3,(H,19,20). The Bertz CT molecular complexity index is 618. The summed E-state index contributed by atoms with van der Waals surface area (Å²) in [5.74, 6) is -0.353. The fourth-order valence-electron chi connectivity index (χ4n) is 1.73. The van der Waals surface area contributed by atoms with Crippen molar-refractivity contribution in [1.82, 2.24) is 0 Å². The van der Waals surface area contributed by atoms with Gasteiger partial charge in [0.15, 0.2) is 0 Å². The Hall–Kier alpha value is -2.30. The predicted octanol–water partition coefficient (Wildman–Crippen LogP) is 4.27. The molecule has 0 aliphatic rings. The normalized spacial score (nSPS) is 11.2. The summed E-state index contributed by atoms with van der Waals surface area (Å²) in [7, 11) is 0. The lowest BCUT2D eigenvalue weighted by Crippen LogP contribution is -2.12. The highest BCUT2D eigenvalue weighted by molar-refractivity contribution is 6.04. The second kappa shape index (κ2) is 5.36. The summed E-state index contributed by atoms with van der Waals surface area (Å²) in [6.45, 7) is 1.86. The summed E-state index contributed by atoms with van der Waals surface area (Å²) < 4.78 is 37.2. The van der Waals surface area contributed by atoms with E-state index in [1.54, 1.807) is 18.2 Å². The van der Waals surface area contributed by atoms with Crippen LogP contribution in [-0.2, 0) is 6.18 Å². The zero-order valence-corrected chi connectivity index (χ0v) is 10.7. The third-order valence-corrected chi connectivity index (χ3v) is 2.75. The van der Waals surface area contributed by atoms with Gasteiger partial charge in [-0.25, -0.2) is 0 Å². The van der Waals surface area contributed by atoms with Gasteiger partial charge < -0.3 is 5.32 Å². The van der Waals surface area contributed by atoms with Crippen LogP contribution >= 0.6 is 0 Å². The van der Waals surface area contributed by atoms with E-state index in [1.807, 2.05) is 13.0 Å². The molecule has 5 heteroatoms. The minimum Gasteiger partial charge on any atom is -0.322 e. The van der Waals surface area contributed by atoms with Gasteiger partial charge in [0.25, 0.3) is 5.91 Å². The quantitative estimate of drug-likeness (QED) is 0.874. The first-order valence-electron chi connectivity index (χ1n) is 5.91. The lowest BCUT2D eigenvalue weighted by atomic mass is 10.1. The van der Waals surface area contributed by atoms with Gasteiger partial charge in [-0.2, -0.15) is 13.2 Å². The summed E-state index contributed by atoms with van der Waals surface area (Å²) in [6.07, 6.45) is -4.38. The Balaban J connectivity index is 2.12. The van der Waals surface area contributed by atoms with Gasteiger partial charge in [0, 0.05) is 11.3 Å². The topological polar surface area (TPSA) is 29.1 Å². The number of nitrogens with one attached hydrogen (secondary N) is 1. The molecule has 0 heterocycles. The molecular weight excluding hydrogens is 267 g/mol. The van der Waals surface area contributed by atoms with Gasteiger partial charge in [-0.1, -0.05) is 17.7 Å². The summed E-state index contributed by atoms with van der Waals surface area (Å²) in [5.41, 5.74) is 0.977. The van der Waals surface area contributed by atoms with E-state index in [9.17, 15) is 18.0 Å². The van der Waals surface area contributed by atoms with E-state index < -0.39 is 11.7 Å². The fourth-order valence-corrected chi connectivity index (χ4v) is 1.73. The summed E-state index contributed by atoms with van der Waals surface area (Å²) >= 11 is 0. The highest BCUT2D eigenvalue weighted by Gasteiger charge is 2.29. The van der Waals surface area contributed by atoms with Crippen LogP contribution in [0.1, 0.15) is 21.5 Å². The van der Waals surface area contributed by atoms with Crippen LogP contribution in [0.15, 0.2) is 48.5 Å². The number of aryl methyl sites for hydroxylation is 1. The van der Waals surface area contributed by atoms with Gasteiger partial charge in [-0.3, -0.25) is 4.79 Å². The number of hydrogen-bond acceptors (Lipinski definition) is 1. The van der Waals surface area contributed by atoms with E-state index in [0.29, 0.717) is 11.3 Å². The fraction of sp³-hybridized carbons (Fsp3) is 0.133. The molecule has 0 saturated heterocycles. The highest BCUT2D eigenvalue weighted by Crippen LogP contribution is 2.29. The zero-order chi connectivity index (χ0) is 14.8. The molecule has 2 nitrogen and oxygen atoms in total. The van der Waals surface area contributed by atoms with E-state index in [4.69, 9.17) is 0 Å². The first kappa shape index (κ1) is 14.1. The minimum atomic E-state index is -4.38. The molecule has 0 radical (unpaired) electrons. The van der Waals surface area contributed by atoms with Crippen LogP contribution in [0.2, 0.25) is 0 Å². The number of hydrogen-bond donors (Lipinski definition) is 1. The Kier molecular flexibility index (Phi) is 3.79. The van der Waals surface area contributed by atoms with Crippen molar-refractivity contribution in [2.45, 2.75) is 13.1 Å². The van der Waals surface area contributed by atoms with E-state index in [-0.39, 0.29) is 5.91 Å². The Morgan fingerprint density at radius 2 is 1.70 bits per heavy atom. The molecule has 0 atom stereocenters. The van der Waals surface area contributed by atoms with Gasteiger partial charge in [-0.05, 0) is 43.3 Å². The maximum absolute atomic E-state index is 12.4. The minimum absolute atomic E-state index is 0.324. The lowest BCUT2D eigenvalue weighted by molar-refractivity contribution is -0.137. The van der Waals surface area contributed by atoms with Gasteiger partial charge in [-0.15, -0.1) is 0 Å². The second-order valence-corrected chi connectivity index (χ2v) is 4.40. The number of benzene rings is 2. The van der Waals surface area contributed by atoms with Crippen LogP contribution < -0.4 is 5.32 Å². The van der Waals surface area contributed by atoms with Gasteiger partial charge in [0.2, 0.25) is 0 Å². The molecule has 0 aliphatic heterocycles. The van der Waals surface area contributed by atoms with Crippen LogP contribution in [0.4, 0.5) is 18.9 Å². The smallest absolute Gasteiger partial charge is 0.322 e. The summed E-state index contributed by atoms with van der Waals surface area (Å²) in [4.78, 5) is 11.9. The number of carbonyl (C=O) groups is 1. The molecule has 0 bridgehead atoms. The molecular formula is C15H12F3NO. The number of amides is 1. The van der Waals surface area contributed by atoms with Crippen molar-refractivity contribution in [3.63, 3.8) is 0 Å². The second-order valence-electron chi connectivity index (χ2n) is 4.40. The molecule has 0 unspecified atom stereocenters. The van der Waals surface area contributed by atoms with Crippen LogP contribution in [0, 0.1) is 6.92 Å². The van der Waals surface area contributed by atoms with Crippen LogP contribution in [-0.4, -0.2) is 5.91 Å². The van der Waals surface area contributed by atoms with Crippen LogP contribution in [0.5, 0.6) is 0 Å². The number of anilines is 1. The van der Waals surface area contributed by atoms with Crippen molar-refractivity contribution in [2.24, 2.45) is 0 Å². The predicted molar refractivity (Wildman–Crippen MR) is 70.6 cm³/mol. The summed E-state index contributed by atoms with van der Waals surface area (Å²) in [5, 5.41) is 2.56. The van der Waals surface area contributed by atoms with E-state index in [2.05, 4.69) is 5.32 Å². The molecule has 20 heavy (non-hydrogen) atoms. The number of alkyl halides is 3. The molecule has 104 valence electrons. The SMILES string of the molecule is Cc1cccc(C(=O)Nc2ccc(C(F)(F)F)cc2)c1. The van der Waals surface area contributed by atoms with E-state index in [0.717, 1.165) is 17.7 Å². The number of carbonyl (C=O) groups excluding carboxylic acids is 1. The summed E-state index contributed by atoms with van der Waals surface area (Å²) in [6, 6.07) is 11.3. The maximum atomic E-state index is 12.4. The van der Waals surface area contributed by atoms with Crippen molar-refractivity contribution < 1.29 is 18.0 Å². The third kappa shape index (κ3) is 3.38. The molecule has 2 aromatic rings. The maximum Gasteiger partial charge on any atom is 0.416 e. The van der Waals surface area contributed by atoms with Crippen molar-refractivity contribution in [1.29, 1.82) is 0 Å². The van der Waals surface area contributed by atoms with Crippen LogP contribution in [0.25, 0.3) is 0 Å². The monoisotopic (exact) mass is 279 g/mol. The lowest BCUT2D eigenvalue weighted by Gasteiger charge is -2.09. The highest BCUT2D eigenvalue weighted by atomic mass is 19.4. The molecule has 2 aromatic carbocycles. The molecule has 2 rings (SSSR count). The average molecular weight is 279 g/mol. The number of rotatable bonds is 2. The van der Waals surface area contributed by atoms with Gasteiger partial charge in [0.1, 0.15) is 0 Å². The Labute approximate surface area is 114 Å². The molecule has 1 N–H and O–H groups in total. The van der Waals surface area contributed by atoms with Crippen molar-refractivity contribution >= 4 is 11.6 Å². The molecule has 0 fully saturated rings. The van der Waals surface area contributed by atoms with E-state index in [1.165, 1.54) is 12.1 Å². The molecule has 0 aliphatic carbocycles.